The van der Waals surface area contributed by atoms with Crippen molar-refractivity contribution in [3.8, 4) is 0 Å². The van der Waals surface area contributed by atoms with E-state index in [9.17, 15) is 26.3 Å². The van der Waals surface area contributed by atoms with Crippen molar-refractivity contribution in [2.75, 3.05) is 31.6 Å². The van der Waals surface area contributed by atoms with Crippen LogP contribution in [0.3, 0.4) is 0 Å². The van der Waals surface area contributed by atoms with Gasteiger partial charge in [0.2, 0.25) is 0 Å². The van der Waals surface area contributed by atoms with Gasteiger partial charge in [-0.3, -0.25) is 9.91 Å². The van der Waals surface area contributed by atoms with Gasteiger partial charge in [0.1, 0.15) is 5.82 Å². The van der Waals surface area contributed by atoms with Crippen LogP contribution in [0, 0.1) is 5.92 Å². The molecule has 4 N–H and O–H groups in total. The molecule has 0 bridgehead atoms. The molecule has 1 fully saturated rings. The van der Waals surface area contributed by atoms with E-state index in [1.54, 1.807) is 4.90 Å². The largest absolute Gasteiger partial charge is 0.416 e. The first-order valence-corrected chi connectivity index (χ1v) is 14.2. The molecule has 0 amide bonds. The number of fused-ring (bicyclic) bond motifs is 1. The Balaban J connectivity index is 1.78. The number of likely N-dealkylation sites (N-methyl/N-ethyl adjacent to an activating group) is 1. The van der Waals surface area contributed by atoms with Crippen molar-refractivity contribution in [1.29, 1.82) is 0 Å². The van der Waals surface area contributed by atoms with Crippen LogP contribution < -0.4 is 16.6 Å². The molecule has 0 aliphatic heterocycles. The summed E-state index contributed by atoms with van der Waals surface area (Å²) in [6.07, 6.45) is -5.31. The number of nitrogens with two attached hydrogens (primary N) is 2. The Morgan fingerprint density at radius 1 is 0.953 bits per heavy atom. The summed E-state index contributed by atoms with van der Waals surface area (Å²) < 4.78 is 81.8. The van der Waals surface area contributed by atoms with Gasteiger partial charge in [0.25, 0.3) is 0 Å². The molecule has 0 radical (unpaired) electrons. The molecule has 1 aliphatic rings. The molecule has 1 aliphatic carbocycles. The molecule has 0 unspecified atom stereocenters. The van der Waals surface area contributed by atoms with Gasteiger partial charge >= 0.3 is 12.4 Å². The Morgan fingerprint density at radius 3 is 2.14 bits per heavy atom. The topological polar surface area (TPSA) is 87.0 Å². The van der Waals surface area contributed by atoms with Gasteiger partial charge in [0.05, 0.1) is 23.2 Å². The molecule has 0 saturated heterocycles. The highest BCUT2D eigenvalue weighted by Crippen LogP contribution is 2.37. The molecule has 0 spiro atoms. The quantitative estimate of drug-likeness (QED) is 0.0914. The Bertz CT molecular complexity index is 1380. The number of halogens is 6. The average Bonchev–Trinajstić information content (AvgIpc) is 3.46. The number of nitrogens with zero attached hydrogens (tertiary/aromatic N) is 5. The molecule has 2 aromatic carbocycles. The fourth-order valence-corrected chi connectivity index (χ4v) is 5.63. The molecule has 4 rings (SSSR count). The fourth-order valence-electron chi connectivity index (χ4n) is 5.63. The second-order valence-electron chi connectivity index (χ2n) is 11.1. The number of amidine groups is 1. The molecule has 1 heterocycles. The van der Waals surface area contributed by atoms with Crippen molar-refractivity contribution in [2.24, 2.45) is 22.7 Å². The van der Waals surface area contributed by atoms with Crippen molar-refractivity contribution in [1.82, 2.24) is 14.9 Å². The van der Waals surface area contributed by atoms with Crippen LogP contribution in [0.15, 0.2) is 53.6 Å². The highest BCUT2D eigenvalue weighted by Gasteiger charge is 2.37. The number of aromatic nitrogens is 1. The van der Waals surface area contributed by atoms with Crippen molar-refractivity contribution in [2.45, 2.75) is 58.0 Å². The van der Waals surface area contributed by atoms with Gasteiger partial charge in [-0.2, -0.15) is 31.4 Å². The summed E-state index contributed by atoms with van der Waals surface area (Å²) in [7, 11) is 1.50. The molecular weight excluding hydrogens is 572 g/mol. The van der Waals surface area contributed by atoms with Crippen LogP contribution >= 0.6 is 0 Å². The monoisotopic (exact) mass is 609 g/mol. The van der Waals surface area contributed by atoms with E-state index in [-0.39, 0.29) is 37.1 Å². The number of hydrazine groups is 1. The number of hydrogen-bond donors (Lipinski definition) is 2. The molecular formula is C30H37F6N7. The summed E-state index contributed by atoms with van der Waals surface area (Å²) in [5.74, 6) is 12.9. The number of alkyl halides is 6. The number of benzene rings is 2. The van der Waals surface area contributed by atoms with E-state index in [2.05, 4.69) is 10.0 Å². The maximum Gasteiger partial charge on any atom is 0.416 e. The average molecular weight is 610 g/mol. The lowest BCUT2D eigenvalue weighted by atomic mass is 10.0. The van der Waals surface area contributed by atoms with Crippen LogP contribution in [-0.2, 0) is 25.4 Å². The van der Waals surface area contributed by atoms with Crippen molar-refractivity contribution in [3.63, 3.8) is 0 Å². The van der Waals surface area contributed by atoms with Crippen molar-refractivity contribution in [3.05, 3.63) is 70.8 Å². The highest BCUT2D eigenvalue weighted by atomic mass is 19.4. The summed E-state index contributed by atoms with van der Waals surface area (Å²) in [6, 6.07) is 11.2. The first-order valence-electron chi connectivity index (χ1n) is 14.2. The third-order valence-corrected chi connectivity index (χ3v) is 7.78. The van der Waals surface area contributed by atoms with Gasteiger partial charge in [-0.15, -0.1) is 0 Å². The van der Waals surface area contributed by atoms with Crippen LogP contribution in [0.2, 0.25) is 0 Å². The van der Waals surface area contributed by atoms with E-state index in [1.165, 1.54) is 19.9 Å². The summed E-state index contributed by atoms with van der Waals surface area (Å²) >= 11 is 0. The van der Waals surface area contributed by atoms with Crippen LogP contribution in [0.1, 0.15) is 54.9 Å². The first kappa shape index (κ1) is 32.3. The van der Waals surface area contributed by atoms with E-state index >= 15 is 0 Å². The molecule has 234 valence electrons. The lowest BCUT2D eigenvalue weighted by Crippen LogP contribution is -2.42. The Hall–Kier alpha value is -3.58. The minimum absolute atomic E-state index is 0.0396. The SMILES string of the molecule is CCN(CC1CCCC1)c1nc2ccccc2cc1CN(C/C(=N/N)N(C)N)Cc1cc(C(F)(F)F)cc(C(F)(F)F)c1. The molecule has 1 aromatic heterocycles. The predicted molar refractivity (Wildman–Crippen MR) is 156 cm³/mol. The minimum Gasteiger partial charge on any atom is -0.356 e. The zero-order valence-electron chi connectivity index (χ0n) is 24.2. The third-order valence-electron chi connectivity index (χ3n) is 7.78. The van der Waals surface area contributed by atoms with Crippen LogP contribution in [0.4, 0.5) is 32.2 Å². The van der Waals surface area contributed by atoms with Crippen LogP contribution in [0.25, 0.3) is 10.9 Å². The number of anilines is 1. The van der Waals surface area contributed by atoms with Gasteiger partial charge < -0.3 is 10.7 Å². The lowest BCUT2D eigenvalue weighted by molar-refractivity contribution is -0.143. The summed E-state index contributed by atoms with van der Waals surface area (Å²) in [6.45, 7) is 3.36. The maximum absolute atomic E-state index is 13.6. The lowest BCUT2D eigenvalue weighted by Gasteiger charge is -2.31. The number of hydrazone groups is 1. The predicted octanol–water partition coefficient (Wildman–Crippen LogP) is 6.37. The summed E-state index contributed by atoms with van der Waals surface area (Å²) in [5.41, 5.74) is -1.34. The molecule has 43 heavy (non-hydrogen) atoms. The highest BCUT2D eigenvalue weighted by molar-refractivity contribution is 5.83. The van der Waals surface area contributed by atoms with E-state index in [4.69, 9.17) is 16.7 Å². The maximum atomic E-state index is 13.6. The Labute approximate surface area is 247 Å². The zero-order chi connectivity index (χ0) is 31.4. The fraction of sp³-hybridized carbons (Fsp3) is 0.467. The molecule has 0 atom stereocenters. The standard InChI is InChI=1S/C30H37F6N7/c1-3-43(17-20-8-4-5-9-20)28-23(14-22-10-6-7-11-26(22)39-28)18-42(19-27(40-37)41(2)38)16-21-12-24(29(31,32)33)15-25(13-21)30(34,35)36/h6-7,10-15,20H,3-5,8-9,16-19,37-38H2,1-2H3/b40-27-. The molecule has 1 saturated carbocycles. The van der Waals surface area contributed by atoms with Gasteiger partial charge in [-0.25, -0.2) is 10.8 Å². The van der Waals surface area contributed by atoms with Crippen molar-refractivity contribution >= 4 is 22.6 Å². The second-order valence-corrected chi connectivity index (χ2v) is 11.1. The smallest absolute Gasteiger partial charge is 0.356 e. The Morgan fingerprint density at radius 2 is 1.58 bits per heavy atom. The van der Waals surface area contributed by atoms with E-state index in [1.807, 2.05) is 37.3 Å². The van der Waals surface area contributed by atoms with E-state index in [0.29, 0.717) is 12.5 Å². The Kier molecular flexibility index (Phi) is 10.1. The molecule has 13 heteroatoms. The van der Waals surface area contributed by atoms with Gasteiger partial charge in [0.15, 0.2) is 5.84 Å². The second kappa shape index (κ2) is 13.4. The normalized spacial score (nSPS) is 15.1. The van der Waals surface area contributed by atoms with Gasteiger partial charge in [0, 0.05) is 44.2 Å². The number of para-hydroxylation sites is 1. The van der Waals surface area contributed by atoms with E-state index < -0.39 is 23.5 Å². The van der Waals surface area contributed by atoms with Crippen molar-refractivity contribution < 1.29 is 26.3 Å². The summed E-state index contributed by atoms with van der Waals surface area (Å²) in [4.78, 5) is 8.86. The third kappa shape index (κ3) is 8.29. The molecule has 7 nitrogen and oxygen atoms in total. The van der Waals surface area contributed by atoms with Crippen LogP contribution in [0.5, 0.6) is 0 Å². The van der Waals surface area contributed by atoms with Gasteiger partial charge in [-0.05, 0) is 61.6 Å². The molecule has 3 aromatic rings. The van der Waals surface area contributed by atoms with Gasteiger partial charge in [-0.1, -0.05) is 31.0 Å². The number of rotatable bonds is 10. The first-order chi connectivity index (χ1) is 20.3. The summed E-state index contributed by atoms with van der Waals surface area (Å²) in [5, 5.41) is 5.73. The minimum atomic E-state index is -4.96. The van der Waals surface area contributed by atoms with E-state index in [0.717, 1.165) is 58.8 Å². The zero-order valence-corrected chi connectivity index (χ0v) is 24.2. The van der Waals surface area contributed by atoms with Crippen LogP contribution in [-0.4, -0.2) is 47.4 Å². The number of pyridine rings is 1. The number of hydrogen-bond acceptors (Lipinski definition) is 6.